The van der Waals surface area contributed by atoms with Gasteiger partial charge in [-0.25, -0.2) is 13.2 Å². The second-order valence-corrected chi connectivity index (χ2v) is 8.10. The molecular formula is C18H21NO4S. The summed E-state index contributed by atoms with van der Waals surface area (Å²) in [4.78, 5) is 11.9. The topological polar surface area (TPSA) is 72.5 Å². The molecule has 0 bridgehead atoms. The second-order valence-electron chi connectivity index (χ2n) is 6.42. The number of ether oxygens (including phenoxy) is 1. The number of carbonyl (C=O) groups excluding carboxylic acids is 1. The van der Waals surface area contributed by atoms with Crippen molar-refractivity contribution in [2.24, 2.45) is 0 Å². The minimum absolute atomic E-state index is 0.0623. The number of esters is 1. The Morgan fingerprint density at radius 3 is 2.12 bits per heavy atom. The lowest BCUT2D eigenvalue weighted by atomic mass is 9.87. The van der Waals surface area contributed by atoms with Gasteiger partial charge in [-0.2, -0.15) is 0 Å². The van der Waals surface area contributed by atoms with Gasteiger partial charge in [0.1, 0.15) is 0 Å². The van der Waals surface area contributed by atoms with E-state index in [0.29, 0.717) is 0 Å². The maximum absolute atomic E-state index is 12.6. The van der Waals surface area contributed by atoms with Crippen molar-refractivity contribution in [2.75, 3.05) is 11.8 Å². The molecule has 6 heteroatoms. The summed E-state index contributed by atoms with van der Waals surface area (Å²) in [7, 11) is -2.55. The zero-order valence-corrected chi connectivity index (χ0v) is 15.0. The molecule has 0 spiro atoms. The van der Waals surface area contributed by atoms with Crippen molar-refractivity contribution in [3.63, 3.8) is 0 Å². The van der Waals surface area contributed by atoms with E-state index in [0.717, 1.165) is 5.56 Å². The van der Waals surface area contributed by atoms with Gasteiger partial charge >= 0.3 is 5.97 Å². The molecule has 1 N–H and O–H groups in total. The number of nitrogens with one attached hydrogen (secondary N) is 1. The molecule has 0 aromatic heterocycles. The first-order chi connectivity index (χ1) is 11.1. The minimum Gasteiger partial charge on any atom is -0.465 e. The highest BCUT2D eigenvalue weighted by molar-refractivity contribution is 7.92. The van der Waals surface area contributed by atoms with Crippen molar-refractivity contribution in [1.82, 2.24) is 0 Å². The summed E-state index contributed by atoms with van der Waals surface area (Å²) in [5, 5.41) is 0. The molecule has 5 nitrogen and oxygen atoms in total. The molecule has 0 atom stereocenters. The fourth-order valence-corrected chi connectivity index (χ4v) is 3.28. The third-order valence-electron chi connectivity index (χ3n) is 3.61. The molecule has 0 radical (unpaired) electrons. The van der Waals surface area contributed by atoms with Crippen molar-refractivity contribution in [3.05, 3.63) is 59.7 Å². The fraction of sp³-hybridized carbons (Fsp3) is 0.278. The van der Waals surface area contributed by atoms with Crippen molar-refractivity contribution < 1.29 is 17.9 Å². The third kappa shape index (κ3) is 3.94. The number of carbonyl (C=O) groups is 1. The van der Waals surface area contributed by atoms with E-state index in [9.17, 15) is 13.2 Å². The summed E-state index contributed by atoms with van der Waals surface area (Å²) >= 11 is 0. The van der Waals surface area contributed by atoms with Gasteiger partial charge in [-0.3, -0.25) is 4.72 Å². The quantitative estimate of drug-likeness (QED) is 0.858. The van der Waals surface area contributed by atoms with E-state index in [-0.39, 0.29) is 21.6 Å². The Hall–Kier alpha value is -2.34. The molecule has 0 fully saturated rings. The molecule has 0 saturated carbocycles. The summed E-state index contributed by atoms with van der Waals surface area (Å²) in [5.41, 5.74) is 1.32. The van der Waals surface area contributed by atoms with Gasteiger partial charge in [-0.1, -0.05) is 45.0 Å². The number of methoxy groups -OCH3 is 1. The van der Waals surface area contributed by atoms with Gasteiger partial charge < -0.3 is 4.74 Å². The average molecular weight is 347 g/mol. The minimum atomic E-state index is -3.80. The molecule has 2 rings (SSSR count). The normalized spacial score (nSPS) is 11.8. The first-order valence-electron chi connectivity index (χ1n) is 7.46. The highest BCUT2D eigenvalue weighted by atomic mass is 32.2. The predicted molar refractivity (Wildman–Crippen MR) is 93.7 cm³/mol. The van der Waals surface area contributed by atoms with E-state index in [4.69, 9.17) is 0 Å². The number of hydrogen-bond acceptors (Lipinski definition) is 4. The SMILES string of the molecule is COC(=O)c1ccccc1NS(=O)(=O)c1ccc(C(C)(C)C)cc1. The number of para-hydroxylation sites is 1. The van der Waals surface area contributed by atoms with Crippen molar-refractivity contribution in [1.29, 1.82) is 0 Å². The zero-order valence-electron chi connectivity index (χ0n) is 14.2. The van der Waals surface area contributed by atoms with Crippen molar-refractivity contribution >= 4 is 21.7 Å². The molecular weight excluding hydrogens is 326 g/mol. The summed E-state index contributed by atoms with van der Waals surface area (Å²) in [6, 6.07) is 13.0. The molecule has 128 valence electrons. The van der Waals surface area contributed by atoms with Gasteiger partial charge in [0.05, 0.1) is 23.3 Å². The summed E-state index contributed by atoms with van der Waals surface area (Å²) < 4.78 is 32.2. The first kappa shape index (κ1) is 18.0. The van der Waals surface area contributed by atoms with Crippen LogP contribution in [0.5, 0.6) is 0 Å². The Balaban J connectivity index is 2.34. The van der Waals surface area contributed by atoms with Crippen LogP contribution in [-0.4, -0.2) is 21.5 Å². The van der Waals surface area contributed by atoms with Crippen LogP contribution in [0.15, 0.2) is 53.4 Å². The maximum Gasteiger partial charge on any atom is 0.339 e. The van der Waals surface area contributed by atoms with Crippen LogP contribution in [0.4, 0.5) is 5.69 Å². The van der Waals surface area contributed by atoms with Gasteiger partial charge in [-0.05, 0) is 35.2 Å². The zero-order chi connectivity index (χ0) is 18.0. The second kappa shape index (κ2) is 6.65. The number of hydrogen-bond donors (Lipinski definition) is 1. The summed E-state index contributed by atoms with van der Waals surface area (Å²) in [6.45, 7) is 6.17. The number of sulfonamides is 1. The number of anilines is 1. The van der Waals surface area contributed by atoms with E-state index < -0.39 is 16.0 Å². The molecule has 2 aromatic carbocycles. The molecule has 0 unspecified atom stereocenters. The molecule has 0 heterocycles. The molecule has 2 aromatic rings. The molecule has 0 aliphatic carbocycles. The van der Waals surface area contributed by atoms with Gasteiger partial charge in [0.25, 0.3) is 10.0 Å². The first-order valence-corrected chi connectivity index (χ1v) is 8.94. The molecule has 0 aliphatic heterocycles. The molecule has 24 heavy (non-hydrogen) atoms. The van der Waals surface area contributed by atoms with Crippen LogP contribution >= 0.6 is 0 Å². The smallest absolute Gasteiger partial charge is 0.339 e. The van der Waals surface area contributed by atoms with Crippen LogP contribution in [-0.2, 0) is 20.2 Å². The Kier molecular flexibility index (Phi) is 4.99. The average Bonchev–Trinajstić information content (AvgIpc) is 2.53. The molecule has 0 saturated heterocycles. The Bertz CT molecular complexity index is 834. The third-order valence-corrected chi connectivity index (χ3v) is 4.99. The van der Waals surface area contributed by atoms with Gasteiger partial charge in [-0.15, -0.1) is 0 Å². The lowest BCUT2D eigenvalue weighted by molar-refractivity contribution is 0.0602. The largest absolute Gasteiger partial charge is 0.465 e. The number of rotatable bonds is 4. The van der Waals surface area contributed by atoms with Crippen LogP contribution < -0.4 is 4.72 Å². The van der Waals surface area contributed by atoms with Crippen molar-refractivity contribution in [2.45, 2.75) is 31.1 Å². The van der Waals surface area contributed by atoms with E-state index in [1.165, 1.54) is 19.2 Å². The highest BCUT2D eigenvalue weighted by Crippen LogP contribution is 2.25. The highest BCUT2D eigenvalue weighted by Gasteiger charge is 2.20. The van der Waals surface area contributed by atoms with E-state index in [1.54, 1.807) is 36.4 Å². The Labute approximate surface area is 142 Å². The van der Waals surface area contributed by atoms with E-state index in [2.05, 4.69) is 30.2 Å². The van der Waals surface area contributed by atoms with E-state index in [1.807, 2.05) is 0 Å². The summed E-state index contributed by atoms with van der Waals surface area (Å²) in [5.74, 6) is -0.601. The van der Waals surface area contributed by atoms with Crippen LogP contribution in [0, 0.1) is 0 Å². The van der Waals surface area contributed by atoms with Crippen LogP contribution in [0.25, 0.3) is 0 Å². The van der Waals surface area contributed by atoms with Gasteiger partial charge in [0.2, 0.25) is 0 Å². The lowest BCUT2D eigenvalue weighted by Gasteiger charge is -2.19. The maximum atomic E-state index is 12.6. The van der Waals surface area contributed by atoms with Gasteiger partial charge in [0.15, 0.2) is 0 Å². The Morgan fingerprint density at radius 2 is 1.58 bits per heavy atom. The predicted octanol–water partition coefficient (Wildman–Crippen LogP) is 3.57. The summed E-state index contributed by atoms with van der Waals surface area (Å²) in [6.07, 6.45) is 0. The van der Waals surface area contributed by atoms with Crippen LogP contribution in [0.3, 0.4) is 0 Å². The molecule has 0 amide bonds. The van der Waals surface area contributed by atoms with E-state index >= 15 is 0 Å². The standard InChI is InChI=1S/C18H21NO4S/c1-18(2,3)13-9-11-14(12-10-13)24(21,22)19-16-8-6-5-7-15(16)17(20)23-4/h5-12,19H,1-4H3. The number of benzene rings is 2. The lowest BCUT2D eigenvalue weighted by Crippen LogP contribution is -2.17. The van der Waals surface area contributed by atoms with Crippen LogP contribution in [0.2, 0.25) is 0 Å². The monoisotopic (exact) mass is 347 g/mol. The van der Waals surface area contributed by atoms with Gasteiger partial charge in [0, 0.05) is 0 Å². The van der Waals surface area contributed by atoms with Crippen molar-refractivity contribution in [3.8, 4) is 0 Å². The molecule has 0 aliphatic rings. The Morgan fingerprint density at radius 1 is 1.00 bits per heavy atom. The fourth-order valence-electron chi connectivity index (χ4n) is 2.20. The van der Waals surface area contributed by atoms with Crippen LogP contribution in [0.1, 0.15) is 36.7 Å².